The van der Waals surface area contributed by atoms with E-state index in [1.165, 1.54) is 0 Å². The van der Waals surface area contributed by atoms with Crippen LogP contribution in [0.2, 0.25) is 10.0 Å². The molecular formula is C22H19BrCl2N4S. The highest BCUT2D eigenvalue weighted by Crippen LogP contribution is 2.38. The third kappa shape index (κ3) is 4.06. The first-order valence-electron chi connectivity index (χ1n) is 9.30. The predicted molar refractivity (Wildman–Crippen MR) is 129 cm³/mol. The first kappa shape index (κ1) is 21.5. The molecule has 0 atom stereocenters. The molecule has 30 heavy (non-hydrogen) atoms. The fourth-order valence-corrected chi connectivity index (χ4v) is 4.78. The van der Waals surface area contributed by atoms with E-state index in [1.807, 2.05) is 43.3 Å². The van der Waals surface area contributed by atoms with Gasteiger partial charge >= 0.3 is 0 Å². The fourth-order valence-electron chi connectivity index (χ4n) is 3.08. The maximum Gasteiger partial charge on any atom is 0.168 e. The van der Waals surface area contributed by atoms with Crippen LogP contribution in [0.25, 0.3) is 27.8 Å². The smallest absolute Gasteiger partial charge is 0.168 e. The summed E-state index contributed by atoms with van der Waals surface area (Å²) in [5.41, 5.74) is 3.48. The van der Waals surface area contributed by atoms with Crippen molar-refractivity contribution >= 4 is 50.5 Å². The summed E-state index contributed by atoms with van der Waals surface area (Å²) >= 11 is 17.7. The van der Waals surface area contributed by atoms with Crippen molar-refractivity contribution in [3.05, 3.63) is 67.7 Å². The topological polar surface area (TPSA) is 43.6 Å². The van der Waals surface area contributed by atoms with Gasteiger partial charge in [-0.3, -0.25) is 4.57 Å². The van der Waals surface area contributed by atoms with Gasteiger partial charge in [0.2, 0.25) is 0 Å². The van der Waals surface area contributed by atoms with Gasteiger partial charge in [0.25, 0.3) is 0 Å². The second-order valence-corrected chi connectivity index (χ2v) is 10.7. The molecule has 154 valence electrons. The van der Waals surface area contributed by atoms with E-state index < -0.39 is 0 Å². The van der Waals surface area contributed by atoms with Crippen molar-refractivity contribution in [3.63, 3.8) is 0 Å². The zero-order valence-corrected chi connectivity index (χ0v) is 20.8. The third-order valence-electron chi connectivity index (χ3n) is 4.63. The van der Waals surface area contributed by atoms with Crippen LogP contribution < -0.4 is 0 Å². The zero-order valence-electron chi connectivity index (χ0n) is 16.9. The lowest BCUT2D eigenvalue weighted by Crippen LogP contribution is -2.10. The van der Waals surface area contributed by atoms with Gasteiger partial charge in [-0.15, -0.1) is 10.2 Å². The Morgan fingerprint density at radius 1 is 1.00 bits per heavy atom. The molecule has 0 radical (unpaired) electrons. The van der Waals surface area contributed by atoms with Crippen molar-refractivity contribution in [3.8, 4) is 27.8 Å². The van der Waals surface area contributed by atoms with Gasteiger partial charge in [-0.25, -0.2) is 4.98 Å². The quantitative estimate of drug-likeness (QED) is 0.277. The molecule has 8 heteroatoms. The molecule has 0 amide bonds. The summed E-state index contributed by atoms with van der Waals surface area (Å²) in [7, 11) is 0. The van der Waals surface area contributed by atoms with Crippen LogP contribution in [-0.2, 0) is 5.41 Å². The van der Waals surface area contributed by atoms with Gasteiger partial charge in [0, 0.05) is 26.2 Å². The van der Waals surface area contributed by atoms with Gasteiger partial charge in [-0.1, -0.05) is 71.2 Å². The first-order chi connectivity index (χ1) is 14.1. The maximum atomic E-state index is 6.55. The Morgan fingerprint density at radius 2 is 1.70 bits per heavy atom. The number of nitrogens with zero attached hydrogens (tertiary/aromatic N) is 4. The number of rotatable bonds is 3. The molecule has 0 saturated carbocycles. The Labute approximate surface area is 198 Å². The van der Waals surface area contributed by atoms with E-state index >= 15 is 0 Å². The first-order valence-corrected chi connectivity index (χ1v) is 11.7. The van der Waals surface area contributed by atoms with E-state index in [-0.39, 0.29) is 5.41 Å². The summed E-state index contributed by atoms with van der Waals surface area (Å²) in [6.07, 6.45) is 0. The highest BCUT2D eigenvalue weighted by atomic mass is 79.9. The van der Waals surface area contributed by atoms with Crippen LogP contribution in [0.5, 0.6) is 0 Å². The van der Waals surface area contributed by atoms with E-state index in [4.69, 9.17) is 28.2 Å². The Morgan fingerprint density at radius 3 is 2.30 bits per heavy atom. The average Bonchev–Trinajstić information content (AvgIpc) is 3.28. The molecule has 4 aromatic rings. The number of aromatic nitrogens is 4. The van der Waals surface area contributed by atoms with Crippen LogP contribution in [0.4, 0.5) is 0 Å². The lowest BCUT2D eigenvalue weighted by Gasteiger charge is -2.12. The Balaban J connectivity index is 1.95. The summed E-state index contributed by atoms with van der Waals surface area (Å²) < 4.78 is 3.10. The molecule has 0 aliphatic carbocycles. The molecule has 0 saturated heterocycles. The number of benzene rings is 2. The third-order valence-corrected chi connectivity index (χ3v) is 7.07. The van der Waals surface area contributed by atoms with Crippen LogP contribution in [0, 0.1) is 6.92 Å². The lowest BCUT2D eigenvalue weighted by atomic mass is 9.98. The minimum Gasteiger partial charge on any atom is -0.296 e. The summed E-state index contributed by atoms with van der Waals surface area (Å²) in [4.78, 5) is 4.97. The molecule has 0 unspecified atom stereocenters. The Bertz CT molecular complexity index is 1220. The van der Waals surface area contributed by atoms with Gasteiger partial charge < -0.3 is 0 Å². The molecular weight excluding hydrogens is 503 g/mol. The van der Waals surface area contributed by atoms with Crippen LogP contribution in [0.3, 0.4) is 0 Å². The predicted octanol–water partition coefficient (Wildman–Crippen LogP) is 7.73. The largest absolute Gasteiger partial charge is 0.296 e. The highest BCUT2D eigenvalue weighted by Gasteiger charge is 2.25. The molecule has 0 bridgehead atoms. The normalized spacial score (nSPS) is 11.8. The summed E-state index contributed by atoms with van der Waals surface area (Å²) in [6.45, 7) is 8.42. The second-order valence-electron chi connectivity index (χ2n) is 7.97. The summed E-state index contributed by atoms with van der Waals surface area (Å²) in [5, 5.41) is 11.7. The van der Waals surface area contributed by atoms with E-state index in [1.54, 1.807) is 17.4 Å². The van der Waals surface area contributed by atoms with Crippen molar-refractivity contribution in [1.82, 2.24) is 19.7 Å². The molecule has 2 aromatic heterocycles. The van der Waals surface area contributed by atoms with Gasteiger partial charge in [0.1, 0.15) is 16.5 Å². The van der Waals surface area contributed by atoms with Crippen molar-refractivity contribution in [2.45, 2.75) is 33.1 Å². The van der Waals surface area contributed by atoms with Crippen LogP contribution >= 0.6 is 50.5 Å². The van der Waals surface area contributed by atoms with E-state index in [0.717, 1.165) is 43.0 Å². The lowest BCUT2D eigenvalue weighted by molar-refractivity contribution is 0.578. The van der Waals surface area contributed by atoms with Crippen molar-refractivity contribution in [2.24, 2.45) is 0 Å². The van der Waals surface area contributed by atoms with Crippen molar-refractivity contribution < 1.29 is 0 Å². The number of hydrogen-bond donors (Lipinski definition) is 0. The molecule has 0 aliphatic heterocycles. The van der Waals surface area contributed by atoms with Crippen LogP contribution in [0.1, 0.15) is 31.5 Å². The molecule has 0 N–H and O–H groups in total. The Kier molecular flexibility index (Phi) is 5.79. The molecule has 4 rings (SSSR count). The number of halogens is 3. The van der Waals surface area contributed by atoms with Gasteiger partial charge in [-0.05, 0) is 49.4 Å². The molecule has 0 fully saturated rings. The van der Waals surface area contributed by atoms with Crippen LogP contribution in [-0.4, -0.2) is 19.7 Å². The SMILES string of the molecule is Cc1c(-c2nnc(C(C)(C)C)s2)nc(-c2ccc(Cl)cc2Cl)n1-c1ccc(Br)cc1. The summed E-state index contributed by atoms with van der Waals surface area (Å²) in [6, 6.07) is 13.5. The van der Waals surface area contributed by atoms with E-state index in [9.17, 15) is 0 Å². The van der Waals surface area contributed by atoms with Crippen molar-refractivity contribution in [2.75, 3.05) is 0 Å². The van der Waals surface area contributed by atoms with Gasteiger partial charge in [0.15, 0.2) is 5.01 Å². The van der Waals surface area contributed by atoms with E-state index in [0.29, 0.717) is 10.0 Å². The summed E-state index contributed by atoms with van der Waals surface area (Å²) in [5.74, 6) is 0.735. The minimum atomic E-state index is -0.0690. The average molecular weight is 522 g/mol. The van der Waals surface area contributed by atoms with Crippen LogP contribution in [0.15, 0.2) is 46.9 Å². The van der Waals surface area contributed by atoms with E-state index in [2.05, 4.69) is 51.5 Å². The number of imidazole rings is 1. The monoisotopic (exact) mass is 520 g/mol. The Hall–Kier alpha value is -1.73. The minimum absolute atomic E-state index is 0.0690. The maximum absolute atomic E-state index is 6.55. The standard InChI is InChI=1S/C22H19BrCl2N4S/c1-12-18(20-27-28-21(30-20)22(2,3)4)26-19(16-10-7-14(24)11-17(16)25)29(12)15-8-5-13(23)6-9-15/h5-11H,1-4H3. The number of hydrogen-bond acceptors (Lipinski definition) is 4. The highest BCUT2D eigenvalue weighted by molar-refractivity contribution is 9.10. The fraction of sp³-hybridized carbons (Fsp3) is 0.227. The van der Waals surface area contributed by atoms with Gasteiger partial charge in [0.05, 0.1) is 10.7 Å². The van der Waals surface area contributed by atoms with Gasteiger partial charge in [-0.2, -0.15) is 0 Å². The molecule has 0 spiro atoms. The molecule has 0 aliphatic rings. The molecule has 2 aromatic carbocycles. The second kappa shape index (κ2) is 8.08. The molecule has 2 heterocycles. The van der Waals surface area contributed by atoms with Crippen molar-refractivity contribution in [1.29, 1.82) is 0 Å². The zero-order chi connectivity index (χ0) is 21.6. The molecule has 4 nitrogen and oxygen atoms in total.